The van der Waals surface area contributed by atoms with E-state index in [1.54, 1.807) is 0 Å². The van der Waals surface area contributed by atoms with Crippen LogP contribution in [-0.4, -0.2) is 89.9 Å². The number of carboxylic acids is 3. The number of aliphatic hydroxyl groups is 1. The van der Waals surface area contributed by atoms with Crippen LogP contribution in [0, 0.1) is 0 Å². The third-order valence-electron chi connectivity index (χ3n) is 1.29. The number of carboxylic acid groups (broad SMARTS) is 5. The Hall–Kier alpha value is -1.36. The van der Waals surface area contributed by atoms with E-state index >= 15 is 0 Å². The summed E-state index contributed by atoms with van der Waals surface area (Å²) in [6, 6.07) is 0. The van der Waals surface area contributed by atoms with E-state index in [4.69, 9.17) is 35.4 Å². The van der Waals surface area contributed by atoms with Crippen LogP contribution in [0.15, 0.2) is 0 Å². The van der Waals surface area contributed by atoms with Crippen molar-refractivity contribution in [2.24, 2.45) is 0 Å². The Morgan fingerprint density at radius 1 is 0.778 bits per heavy atom. The van der Waals surface area contributed by atoms with Gasteiger partial charge >= 0.3 is 53.6 Å². The molecule has 0 aliphatic heterocycles. The van der Waals surface area contributed by atoms with Crippen molar-refractivity contribution in [1.82, 2.24) is 0 Å². The first-order valence-corrected chi connectivity index (χ1v) is 3.82. The molecule has 11 heteroatoms. The van der Waals surface area contributed by atoms with Crippen molar-refractivity contribution < 1.29 is 49.8 Å². The molecule has 0 saturated heterocycles. The molecule has 0 aliphatic rings. The summed E-state index contributed by atoms with van der Waals surface area (Å²) >= 11 is 0. The average molecular weight is 278 g/mol. The zero-order valence-electron chi connectivity index (χ0n) is 8.23. The van der Waals surface area contributed by atoms with Gasteiger partial charge in [0.25, 0.3) is 0 Å². The molecule has 0 aromatic rings. The van der Waals surface area contributed by atoms with E-state index in [1.807, 2.05) is 0 Å². The average Bonchev–Trinajstić information content (AvgIpc) is 1.98. The van der Waals surface area contributed by atoms with Crippen molar-refractivity contribution in [1.29, 1.82) is 0 Å². The standard InChI is InChI=1S/C6H8O7.CH2O3.Na.H/c7-3(8)1-6(13,5(11)12)2-4(9)10;2-1(3)4;;/h13H,1-2H2,(H,7,8)(H,9,10)(H,11,12);(H2,2,3,4);;. The molecule has 0 bridgehead atoms. The quantitative estimate of drug-likeness (QED) is 0.317. The molecule has 0 spiro atoms. The van der Waals surface area contributed by atoms with Gasteiger partial charge < -0.3 is 30.6 Å². The molecule has 0 aromatic heterocycles. The van der Waals surface area contributed by atoms with Crippen LogP contribution in [0.1, 0.15) is 12.8 Å². The first-order chi connectivity index (χ1) is 7.51. The van der Waals surface area contributed by atoms with Gasteiger partial charge in [-0.15, -0.1) is 0 Å². The molecule has 0 heterocycles. The molecular formula is C7H11NaO10. The topological polar surface area (TPSA) is 190 Å². The van der Waals surface area contributed by atoms with Gasteiger partial charge in [0.1, 0.15) is 0 Å². The van der Waals surface area contributed by atoms with E-state index in [-0.39, 0.29) is 29.6 Å². The summed E-state index contributed by atoms with van der Waals surface area (Å²) in [5.74, 6) is -5.02. The minimum absolute atomic E-state index is 0. The van der Waals surface area contributed by atoms with Crippen molar-refractivity contribution in [3.8, 4) is 0 Å². The summed E-state index contributed by atoms with van der Waals surface area (Å²) in [5, 5.41) is 47.8. The third kappa shape index (κ3) is 12.7. The molecule has 0 amide bonds. The third-order valence-corrected chi connectivity index (χ3v) is 1.29. The Kier molecular flexibility index (Phi) is 11.7. The molecule has 0 saturated carbocycles. The van der Waals surface area contributed by atoms with Crippen LogP contribution in [0.4, 0.5) is 4.79 Å². The van der Waals surface area contributed by atoms with E-state index in [2.05, 4.69) is 0 Å². The summed E-state index contributed by atoms with van der Waals surface area (Å²) in [5.41, 5.74) is -2.74. The molecule has 0 unspecified atom stereocenters. The molecule has 6 N–H and O–H groups in total. The SMILES string of the molecule is O=C(O)CC(O)(CC(=O)O)C(=O)O.O=C(O)O.[NaH]. The summed E-state index contributed by atoms with van der Waals surface area (Å²) in [6.45, 7) is 0. The second-order valence-electron chi connectivity index (χ2n) is 2.76. The Labute approximate surface area is 122 Å². The molecule has 0 radical (unpaired) electrons. The summed E-state index contributed by atoms with van der Waals surface area (Å²) in [7, 11) is 0. The molecule has 0 rings (SSSR count). The van der Waals surface area contributed by atoms with Gasteiger partial charge in [-0.25, -0.2) is 9.59 Å². The summed E-state index contributed by atoms with van der Waals surface area (Å²) in [6.07, 6.45) is -4.12. The monoisotopic (exact) mass is 278 g/mol. The van der Waals surface area contributed by atoms with Gasteiger partial charge in [-0.05, 0) is 0 Å². The molecular weight excluding hydrogens is 267 g/mol. The Balaban J connectivity index is -0.000000392. The van der Waals surface area contributed by atoms with Crippen molar-refractivity contribution >= 4 is 53.6 Å². The van der Waals surface area contributed by atoms with Gasteiger partial charge in [0.05, 0.1) is 12.8 Å². The molecule has 0 fully saturated rings. The minimum atomic E-state index is -2.74. The van der Waals surface area contributed by atoms with Crippen LogP contribution < -0.4 is 0 Å². The maximum absolute atomic E-state index is 10.3. The predicted molar refractivity (Wildman–Crippen MR) is 54.9 cm³/mol. The van der Waals surface area contributed by atoms with Gasteiger partial charge in [0.15, 0.2) is 5.60 Å². The number of carbonyl (C=O) groups is 4. The molecule has 0 aromatic carbocycles. The fourth-order valence-corrected chi connectivity index (χ4v) is 0.714. The fourth-order valence-electron chi connectivity index (χ4n) is 0.714. The first kappa shape index (κ1) is 21.9. The second-order valence-corrected chi connectivity index (χ2v) is 2.76. The Morgan fingerprint density at radius 2 is 1.00 bits per heavy atom. The number of aliphatic carboxylic acids is 3. The van der Waals surface area contributed by atoms with Crippen molar-refractivity contribution in [2.75, 3.05) is 0 Å². The van der Waals surface area contributed by atoms with E-state index < -0.39 is 42.5 Å². The molecule has 100 valence electrons. The van der Waals surface area contributed by atoms with E-state index in [9.17, 15) is 14.4 Å². The number of rotatable bonds is 5. The van der Waals surface area contributed by atoms with Crippen molar-refractivity contribution in [3.63, 3.8) is 0 Å². The van der Waals surface area contributed by atoms with Crippen LogP contribution in [0.2, 0.25) is 0 Å². The molecule has 10 nitrogen and oxygen atoms in total. The summed E-state index contributed by atoms with van der Waals surface area (Å²) < 4.78 is 0. The number of hydrogen-bond acceptors (Lipinski definition) is 5. The molecule has 0 aliphatic carbocycles. The van der Waals surface area contributed by atoms with Crippen molar-refractivity contribution in [3.05, 3.63) is 0 Å². The van der Waals surface area contributed by atoms with Crippen LogP contribution >= 0.6 is 0 Å². The number of hydrogen-bond donors (Lipinski definition) is 6. The van der Waals surface area contributed by atoms with Crippen molar-refractivity contribution in [2.45, 2.75) is 18.4 Å². The van der Waals surface area contributed by atoms with E-state index in [0.717, 1.165) is 0 Å². The summed E-state index contributed by atoms with van der Waals surface area (Å²) in [4.78, 5) is 39.0. The van der Waals surface area contributed by atoms with Gasteiger partial charge in [-0.2, -0.15) is 0 Å². The first-order valence-electron chi connectivity index (χ1n) is 3.82. The van der Waals surface area contributed by atoms with E-state index in [1.165, 1.54) is 0 Å². The predicted octanol–water partition coefficient (Wildman–Crippen LogP) is -1.67. The van der Waals surface area contributed by atoms with E-state index in [0.29, 0.717) is 0 Å². The fraction of sp³-hybridized carbons (Fsp3) is 0.429. The Morgan fingerprint density at radius 3 is 1.11 bits per heavy atom. The molecule has 18 heavy (non-hydrogen) atoms. The van der Waals surface area contributed by atoms with Gasteiger partial charge in [0.2, 0.25) is 0 Å². The van der Waals surface area contributed by atoms with Crippen LogP contribution in [-0.2, 0) is 14.4 Å². The van der Waals surface area contributed by atoms with Gasteiger partial charge in [-0.3, -0.25) is 9.59 Å². The Bertz CT molecular complexity index is 304. The van der Waals surface area contributed by atoms with Crippen LogP contribution in [0.25, 0.3) is 0 Å². The second kappa shape index (κ2) is 9.65. The van der Waals surface area contributed by atoms with Crippen LogP contribution in [0.3, 0.4) is 0 Å². The maximum atomic E-state index is 10.3. The van der Waals surface area contributed by atoms with Gasteiger partial charge in [0, 0.05) is 0 Å². The van der Waals surface area contributed by atoms with Crippen LogP contribution in [0.5, 0.6) is 0 Å². The molecule has 0 atom stereocenters. The zero-order chi connectivity index (χ0) is 14.2. The zero-order valence-corrected chi connectivity index (χ0v) is 8.23. The normalized spacial score (nSPS) is 9.17. The van der Waals surface area contributed by atoms with Gasteiger partial charge in [-0.1, -0.05) is 0 Å².